The molecular weight excluding hydrogens is 396 g/mol. The minimum atomic E-state index is -1.23. The first kappa shape index (κ1) is 21.2. The lowest BCUT2D eigenvalue weighted by Crippen LogP contribution is -2.40. The first-order chi connectivity index (χ1) is 14.8. The molecule has 2 aliphatic carbocycles. The molecule has 1 saturated carbocycles. The zero-order valence-electron chi connectivity index (χ0n) is 18.4. The summed E-state index contributed by atoms with van der Waals surface area (Å²) >= 11 is 0. The lowest BCUT2D eigenvalue weighted by Gasteiger charge is -2.27. The first-order valence-electron chi connectivity index (χ1n) is 10.6. The molecule has 164 valence electrons. The van der Waals surface area contributed by atoms with Crippen molar-refractivity contribution in [2.24, 2.45) is 5.92 Å². The van der Waals surface area contributed by atoms with Gasteiger partial charge >= 0.3 is 5.97 Å². The van der Waals surface area contributed by atoms with Crippen LogP contribution in [0.15, 0.2) is 30.3 Å². The van der Waals surface area contributed by atoms with Crippen LogP contribution in [0.25, 0.3) is 11.1 Å². The Morgan fingerprint density at radius 3 is 2.42 bits per heavy atom. The third-order valence-corrected chi connectivity index (χ3v) is 5.83. The first-order valence-corrected chi connectivity index (χ1v) is 10.6. The van der Waals surface area contributed by atoms with Crippen LogP contribution in [-0.4, -0.2) is 38.2 Å². The minimum absolute atomic E-state index is 0.171. The van der Waals surface area contributed by atoms with E-state index in [1.807, 2.05) is 24.3 Å². The third kappa shape index (κ3) is 4.24. The van der Waals surface area contributed by atoms with Crippen molar-refractivity contribution >= 4 is 11.8 Å². The van der Waals surface area contributed by atoms with Gasteiger partial charge in [-0.1, -0.05) is 18.2 Å². The summed E-state index contributed by atoms with van der Waals surface area (Å²) in [7, 11) is 3.09. The molecule has 4 rings (SSSR count). The molecule has 0 aromatic heterocycles. The van der Waals surface area contributed by atoms with E-state index >= 15 is 0 Å². The molecule has 0 saturated heterocycles. The molecule has 0 aliphatic heterocycles. The number of ketones is 1. The summed E-state index contributed by atoms with van der Waals surface area (Å²) in [6.45, 7) is 3.80. The highest BCUT2D eigenvalue weighted by atomic mass is 16.6. The van der Waals surface area contributed by atoms with E-state index in [0.29, 0.717) is 36.2 Å². The van der Waals surface area contributed by atoms with Crippen LogP contribution in [-0.2, 0) is 16.0 Å². The van der Waals surface area contributed by atoms with Gasteiger partial charge in [0.25, 0.3) is 0 Å². The second-order valence-corrected chi connectivity index (χ2v) is 8.63. The summed E-state index contributed by atoms with van der Waals surface area (Å²) in [4.78, 5) is 24.8. The molecule has 1 fully saturated rings. The monoisotopic (exact) mass is 424 g/mol. The van der Waals surface area contributed by atoms with Crippen LogP contribution in [0.5, 0.6) is 17.2 Å². The number of methoxy groups -OCH3 is 2. The number of Topliss-reactive ketones (excluding diaryl/α,β-unsaturated/α-hetero) is 1. The Labute approximate surface area is 182 Å². The van der Waals surface area contributed by atoms with Crippen molar-refractivity contribution in [2.75, 3.05) is 20.8 Å². The molecule has 0 amide bonds. The molecule has 0 unspecified atom stereocenters. The molecule has 0 N–H and O–H groups in total. The van der Waals surface area contributed by atoms with Gasteiger partial charge in [-0.2, -0.15) is 0 Å². The van der Waals surface area contributed by atoms with Crippen molar-refractivity contribution in [1.82, 2.24) is 0 Å². The summed E-state index contributed by atoms with van der Waals surface area (Å²) in [5, 5.41) is 0. The number of rotatable bonds is 8. The number of hydrogen-bond donors (Lipinski definition) is 0. The lowest BCUT2D eigenvalue weighted by atomic mass is 9.98. The summed E-state index contributed by atoms with van der Waals surface area (Å²) < 4.78 is 22.8. The maximum atomic E-state index is 12.7. The van der Waals surface area contributed by atoms with Crippen molar-refractivity contribution in [3.8, 4) is 28.4 Å². The van der Waals surface area contributed by atoms with Gasteiger partial charge in [-0.25, -0.2) is 4.79 Å². The Morgan fingerprint density at radius 1 is 1.00 bits per heavy atom. The fraction of sp³-hybridized carbons (Fsp3) is 0.440. The number of ether oxygens (including phenoxy) is 4. The lowest BCUT2D eigenvalue weighted by molar-refractivity contribution is -0.159. The molecule has 0 bridgehead atoms. The number of esters is 1. The molecular formula is C25H28O6. The summed E-state index contributed by atoms with van der Waals surface area (Å²) in [5.41, 5.74) is 2.20. The van der Waals surface area contributed by atoms with Gasteiger partial charge < -0.3 is 18.9 Å². The smallest absolute Gasteiger partial charge is 0.349 e. The molecule has 2 aromatic carbocycles. The summed E-state index contributed by atoms with van der Waals surface area (Å²) in [6, 6.07) is 9.44. The van der Waals surface area contributed by atoms with Gasteiger partial charge in [-0.15, -0.1) is 0 Å². The molecule has 6 nitrogen and oxygen atoms in total. The normalized spacial score (nSPS) is 15.4. The number of carbonyl (C=O) groups is 2. The van der Waals surface area contributed by atoms with Crippen LogP contribution in [0, 0.1) is 5.92 Å². The van der Waals surface area contributed by atoms with Crippen molar-refractivity contribution in [3.63, 3.8) is 0 Å². The topological polar surface area (TPSA) is 71.1 Å². The molecule has 0 spiro atoms. The van der Waals surface area contributed by atoms with E-state index in [1.54, 1.807) is 27.0 Å². The second-order valence-electron chi connectivity index (χ2n) is 8.63. The molecule has 0 radical (unpaired) electrons. The van der Waals surface area contributed by atoms with E-state index in [4.69, 9.17) is 18.9 Å². The average Bonchev–Trinajstić information content (AvgIpc) is 3.52. The molecule has 0 atom stereocenters. The van der Waals surface area contributed by atoms with Crippen LogP contribution < -0.4 is 14.2 Å². The van der Waals surface area contributed by atoms with E-state index in [1.165, 1.54) is 7.11 Å². The van der Waals surface area contributed by atoms with E-state index < -0.39 is 11.6 Å². The Bertz CT molecular complexity index is 1020. The summed E-state index contributed by atoms with van der Waals surface area (Å²) in [6.07, 6.45) is 3.46. The van der Waals surface area contributed by atoms with Gasteiger partial charge in [0.2, 0.25) is 5.75 Å². The van der Waals surface area contributed by atoms with Gasteiger partial charge in [-0.05, 0) is 62.3 Å². The van der Waals surface area contributed by atoms with Crippen LogP contribution in [0.2, 0.25) is 0 Å². The van der Waals surface area contributed by atoms with Gasteiger partial charge in [0.1, 0.15) is 0 Å². The summed E-state index contributed by atoms with van der Waals surface area (Å²) in [5.74, 6) is 1.52. The standard InChI is InChI=1S/C25H28O6/c1-25(2,24(27)30-14-15-5-6-15)31-22-19(10-12-21(28-3)23(22)29-4)17-7-9-18-16(13-17)8-11-20(18)26/h7,9-10,12-13,15H,5-6,8,11,14H2,1-4H3. The van der Waals surface area contributed by atoms with E-state index in [9.17, 15) is 9.59 Å². The SMILES string of the molecule is COc1ccc(-c2ccc3c(c2)CCC3=O)c(OC(C)(C)C(=O)OCC2CC2)c1OC. The average molecular weight is 424 g/mol. The fourth-order valence-electron chi connectivity index (χ4n) is 3.80. The van der Waals surface area contributed by atoms with E-state index in [2.05, 4.69) is 0 Å². The van der Waals surface area contributed by atoms with Crippen molar-refractivity contribution in [1.29, 1.82) is 0 Å². The molecule has 31 heavy (non-hydrogen) atoms. The highest BCUT2D eigenvalue weighted by Crippen LogP contribution is 2.46. The maximum absolute atomic E-state index is 12.7. The van der Waals surface area contributed by atoms with Crippen LogP contribution in [0.3, 0.4) is 0 Å². The minimum Gasteiger partial charge on any atom is -0.493 e. The zero-order valence-corrected chi connectivity index (χ0v) is 18.4. The van der Waals surface area contributed by atoms with Crippen LogP contribution >= 0.6 is 0 Å². The molecule has 2 aliphatic rings. The van der Waals surface area contributed by atoms with Crippen LogP contribution in [0.1, 0.15) is 49.0 Å². The van der Waals surface area contributed by atoms with Gasteiger partial charge in [-0.3, -0.25) is 4.79 Å². The highest BCUT2D eigenvalue weighted by molar-refractivity contribution is 6.01. The number of benzene rings is 2. The Morgan fingerprint density at radius 2 is 1.74 bits per heavy atom. The Kier molecular flexibility index (Phi) is 5.65. The largest absolute Gasteiger partial charge is 0.493 e. The van der Waals surface area contributed by atoms with Crippen LogP contribution in [0.4, 0.5) is 0 Å². The van der Waals surface area contributed by atoms with Gasteiger partial charge in [0.15, 0.2) is 22.9 Å². The Balaban J connectivity index is 1.72. The van der Waals surface area contributed by atoms with Crippen molar-refractivity contribution in [2.45, 2.75) is 45.1 Å². The highest BCUT2D eigenvalue weighted by Gasteiger charge is 2.36. The second kappa shape index (κ2) is 8.25. The number of hydrogen-bond acceptors (Lipinski definition) is 6. The maximum Gasteiger partial charge on any atom is 0.349 e. The quantitative estimate of drug-likeness (QED) is 0.577. The number of fused-ring (bicyclic) bond motifs is 1. The van der Waals surface area contributed by atoms with Crippen molar-refractivity contribution in [3.05, 3.63) is 41.5 Å². The zero-order chi connectivity index (χ0) is 22.2. The Hall–Kier alpha value is -3.02. The van der Waals surface area contributed by atoms with Gasteiger partial charge in [0.05, 0.1) is 20.8 Å². The van der Waals surface area contributed by atoms with Crippen molar-refractivity contribution < 1.29 is 28.5 Å². The third-order valence-electron chi connectivity index (χ3n) is 5.83. The molecule has 0 heterocycles. The fourth-order valence-corrected chi connectivity index (χ4v) is 3.80. The predicted molar refractivity (Wildman–Crippen MR) is 116 cm³/mol. The number of aryl methyl sites for hydroxylation is 1. The van der Waals surface area contributed by atoms with Gasteiger partial charge in [0, 0.05) is 17.5 Å². The molecule has 6 heteroatoms. The number of carbonyl (C=O) groups excluding carboxylic acids is 2. The van der Waals surface area contributed by atoms with E-state index in [0.717, 1.165) is 41.5 Å². The van der Waals surface area contributed by atoms with E-state index in [-0.39, 0.29) is 5.78 Å². The predicted octanol–water partition coefficient (Wildman–Crippen LogP) is 4.61. The molecule has 2 aromatic rings.